The lowest BCUT2D eigenvalue weighted by atomic mass is 10.1. The Labute approximate surface area is 96.8 Å². The van der Waals surface area contributed by atoms with Gasteiger partial charge in [0.05, 0.1) is 15.6 Å². The van der Waals surface area contributed by atoms with Gasteiger partial charge in [0.1, 0.15) is 11.8 Å². The summed E-state index contributed by atoms with van der Waals surface area (Å²) in [5.74, 6) is 0. The van der Waals surface area contributed by atoms with Crippen LogP contribution in [0.2, 0.25) is 0 Å². The number of carbonyl (C=O) groups excluding carboxylic acids is 1. The van der Waals surface area contributed by atoms with Crippen molar-refractivity contribution < 1.29 is 13.6 Å². The third kappa shape index (κ3) is 2.30. The van der Waals surface area contributed by atoms with E-state index < -0.39 is 22.9 Å². The zero-order chi connectivity index (χ0) is 11.6. The Morgan fingerprint density at radius 3 is 2.67 bits per heavy atom. The van der Waals surface area contributed by atoms with E-state index in [1.807, 2.05) is 0 Å². The first-order chi connectivity index (χ1) is 6.99. The highest BCUT2D eigenvalue weighted by Gasteiger charge is 2.23. The highest BCUT2D eigenvalue weighted by molar-refractivity contribution is 9.10. The van der Waals surface area contributed by atoms with Crippen molar-refractivity contribution in [1.82, 2.24) is 4.98 Å². The molecule has 0 amide bonds. The van der Waals surface area contributed by atoms with Crippen LogP contribution in [-0.4, -0.2) is 10.2 Å². The van der Waals surface area contributed by atoms with Gasteiger partial charge in [0.15, 0.2) is 0 Å². The van der Waals surface area contributed by atoms with E-state index in [1.165, 1.54) is 0 Å². The first-order valence-corrected chi connectivity index (χ1v) is 4.72. The summed E-state index contributed by atoms with van der Waals surface area (Å²) >= 11 is 8.00. The maximum Gasteiger partial charge on any atom is 0.281 e. The van der Waals surface area contributed by atoms with Crippen LogP contribution in [0.25, 0.3) is 0 Å². The Morgan fingerprint density at radius 2 is 2.27 bits per heavy atom. The molecule has 1 aromatic heterocycles. The lowest BCUT2D eigenvalue weighted by molar-refractivity contribution is 0.106. The van der Waals surface area contributed by atoms with Crippen LogP contribution in [0.5, 0.6) is 0 Å². The number of hydrogen-bond donors (Lipinski definition) is 0. The van der Waals surface area contributed by atoms with Gasteiger partial charge < -0.3 is 0 Å². The quantitative estimate of drug-likeness (QED) is 0.788. The van der Waals surface area contributed by atoms with Gasteiger partial charge in [0, 0.05) is 6.20 Å². The van der Waals surface area contributed by atoms with Crippen LogP contribution in [0, 0.1) is 11.3 Å². The van der Waals surface area contributed by atoms with E-state index in [-0.39, 0.29) is 10.0 Å². The zero-order valence-electron chi connectivity index (χ0n) is 6.97. The van der Waals surface area contributed by atoms with E-state index in [0.29, 0.717) is 0 Å². The van der Waals surface area contributed by atoms with Gasteiger partial charge in [-0.15, -0.1) is 0 Å². The second-order valence-corrected chi connectivity index (χ2v) is 3.57. The van der Waals surface area contributed by atoms with Gasteiger partial charge in [-0.1, -0.05) is 0 Å². The molecular weight excluding hydrogens is 293 g/mol. The lowest BCUT2D eigenvalue weighted by Crippen LogP contribution is -2.04. The van der Waals surface area contributed by atoms with Gasteiger partial charge in [-0.2, -0.15) is 5.26 Å². The van der Waals surface area contributed by atoms with Crippen molar-refractivity contribution in [2.75, 3.05) is 0 Å². The van der Waals surface area contributed by atoms with E-state index in [4.69, 9.17) is 16.9 Å². The largest absolute Gasteiger partial charge is 0.281 e. The summed E-state index contributed by atoms with van der Waals surface area (Å²) in [5, 5.41) is 7.51. The standard InChI is InChI=1S/C8H2BrClF2N2O/c9-5-3(1-13)2-14-6(8(11)12)4(5)7(10)15/h2,8H. The summed E-state index contributed by atoms with van der Waals surface area (Å²) < 4.78 is 24.8. The molecule has 0 atom stereocenters. The number of carbonyl (C=O) groups is 1. The number of nitrogens with zero attached hydrogens (tertiary/aromatic N) is 2. The molecule has 0 saturated heterocycles. The minimum Gasteiger partial charge on any atom is -0.275 e. The SMILES string of the molecule is N#Cc1cnc(C(F)F)c(C(=O)Cl)c1Br. The average Bonchev–Trinajstić information content (AvgIpc) is 2.16. The molecule has 0 aliphatic carbocycles. The monoisotopic (exact) mass is 294 g/mol. The van der Waals surface area contributed by atoms with E-state index in [2.05, 4.69) is 20.9 Å². The number of pyridine rings is 1. The number of hydrogen-bond acceptors (Lipinski definition) is 3. The van der Waals surface area contributed by atoms with Crippen LogP contribution in [-0.2, 0) is 0 Å². The van der Waals surface area contributed by atoms with Gasteiger partial charge in [-0.05, 0) is 27.5 Å². The number of rotatable bonds is 2. The van der Waals surface area contributed by atoms with Gasteiger partial charge in [-0.3, -0.25) is 9.78 Å². The van der Waals surface area contributed by atoms with Crippen molar-refractivity contribution in [2.24, 2.45) is 0 Å². The molecule has 1 rings (SSSR count). The number of halogens is 4. The summed E-state index contributed by atoms with van der Waals surface area (Å²) in [4.78, 5) is 14.2. The van der Waals surface area contributed by atoms with E-state index in [1.54, 1.807) is 6.07 Å². The molecule has 15 heavy (non-hydrogen) atoms. The van der Waals surface area contributed by atoms with Crippen LogP contribution in [0.15, 0.2) is 10.7 Å². The predicted octanol–water partition coefficient (Wildman–Crippen LogP) is 3.03. The lowest BCUT2D eigenvalue weighted by Gasteiger charge is -2.06. The fraction of sp³-hybridized carbons (Fsp3) is 0.125. The number of alkyl halides is 2. The second kappa shape index (κ2) is 4.64. The summed E-state index contributed by atoms with van der Waals surface area (Å²) in [5.41, 5.74) is -1.23. The Kier molecular flexibility index (Phi) is 3.72. The van der Waals surface area contributed by atoms with Crippen molar-refractivity contribution in [3.8, 4) is 6.07 Å². The van der Waals surface area contributed by atoms with Crippen molar-refractivity contribution in [3.05, 3.63) is 27.5 Å². The second-order valence-electron chi connectivity index (χ2n) is 2.43. The van der Waals surface area contributed by atoms with Crippen LogP contribution >= 0.6 is 27.5 Å². The third-order valence-electron chi connectivity index (χ3n) is 1.57. The Balaban J connectivity index is 3.53. The van der Waals surface area contributed by atoms with Gasteiger partial charge >= 0.3 is 0 Å². The minimum atomic E-state index is -2.92. The topological polar surface area (TPSA) is 53.8 Å². The van der Waals surface area contributed by atoms with E-state index in [9.17, 15) is 13.6 Å². The maximum atomic E-state index is 12.4. The molecule has 0 bridgehead atoms. The molecule has 0 radical (unpaired) electrons. The smallest absolute Gasteiger partial charge is 0.275 e. The molecule has 3 nitrogen and oxygen atoms in total. The molecule has 78 valence electrons. The van der Waals surface area contributed by atoms with Gasteiger partial charge in [-0.25, -0.2) is 8.78 Å². The minimum absolute atomic E-state index is 0.0246. The molecule has 0 unspecified atom stereocenters. The van der Waals surface area contributed by atoms with Gasteiger partial charge in [0.25, 0.3) is 11.7 Å². The van der Waals surface area contributed by atoms with Crippen molar-refractivity contribution in [1.29, 1.82) is 5.26 Å². The molecular formula is C8H2BrClF2N2O. The molecule has 0 saturated carbocycles. The zero-order valence-corrected chi connectivity index (χ0v) is 9.31. The Morgan fingerprint density at radius 1 is 1.67 bits per heavy atom. The molecule has 0 spiro atoms. The van der Waals surface area contributed by atoms with Gasteiger partial charge in [0.2, 0.25) is 0 Å². The molecule has 0 aromatic carbocycles. The summed E-state index contributed by atoms with van der Waals surface area (Å²) in [6.07, 6.45) is -1.97. The average molecular weight is 295 g/mol. The van der Waals surface area contributed by atoms with Crippen LogP contribution < -0.4 is 0 Å². The molecule has 1 aromatic rings. The molecule has 7 heteroatoms. The molecule has 0 fully saturated rings. The molecule has 0 aliphatic rings. The highest BCUT2D eigenvalue weighted by Crippen LogP contribution is 2.30. The Bertz CT molecular complexity index is 459. The van der Waals surface area contributed by atoms with Crippen molar-refractivity contribution >= 4 is 32.8 Å². The number of aromatic nitrogens is 1. The Hall–Kier alpha value is -1.06. The fourth-order valence-electron chi connectivity index (χ4n) is 0.933. The van der Waals surface area contributed by atoms with Crippen molar-refractivity contribution in [3.63, 3.8) is 0 Å². The first-order valence-electron chi connectivity index (χ1n) is 3.55. The van der Waals surface area contributed by atoms with E-state index >= 15 is 0 Å². The third-order valence-corrected chi connectivity index (χ3v) is 2.58. The van der Waals surface area contributed by atoms with Crippen molar-refractivity contribution in [2.45, 2.75) is 6.43 Å². The first kappa shape index (κ1) is 12.0. The molecule has 0 N–H and O–H groups in total. The fourth-order valence-corrected chi connectivity index (χ4v) is 1.81. The number of nitriles is 1. The van der Waals surface area contributed by atoms with Crippen LogP contribution in [0.3, 0.4) is 0 Å². The maximum absolute atomic E-state index is 12.4. The summed E-state index contributed by atoms with van der Waals surface area (Å²) in [6, 6.07) is 1.69. The van der Waals surface area contributed by atoms with E-state index in [0.717, 1.165) is 6.20 Å². The highest BCUT2D eigenvalue weighted by atomic mass is 79.9. The predicted molar refractivity (Wildman–Crippen MR) is 51.8 cm³/mol. The molecule has 1 heterocycles. The van der Waals surface area contributed by atoms with Crippen LogP contribution in [0.1, 0.15) is 28.0 Å². The molecule has 0 aliphatic heterocycles. The van der Waals surface area contributed by atoms with Crippen LogP contribution in [0.4, 0.5) is 8.78 Å². The normalized spacial score (nSPS) is 10.1. The summed E-state index contributed by atoms with van der Waals surface area (Å²) in [6.45, 7) is 0. The summed E-state index contributed by atoms with van der Waals surface area (Å²) in [7, 11) is 0.